The minimum absolute atomic E-state index is 0.158. The van der Waals surface area contributed by atoms with Gasteiger partial charge in [0.1, 0.15) is 4.34 Å². The molecular formula is C14H14BrCl2NS. The molecule has 1 heterocycles. The highest BCUT2D eigenvalue weighted by Gasteiger charge is 2.17. The summed E-state index contributed by atoms with van der Waals surface area (Å²) in [6.45, 7) is 3.11. The number of nitrogens with one attached hydrogen (secondary N) is 1. The Balaban J connectivity index is 2.32. The first-order valence-corrected chi connectivity index (χ1v) is 8.42. The maximum atomic E-state index is 6.14. The van der Waals surface area contributed by atoms with Gasteiger partial charge in [0.2, 0.25) is 0 Å². The normalized spacial score (nSPS) is 12.6. The maximum absolute atomic E-state index is 6.14. The predicted molar refractivity (Wildman–Crippen MR) is 88.6 cm³/mol. The predicted octanol–water partition coefficient (Wildman–Crippen LogP) is 5.91. The summed E-state index contributed by atoms with van der Waals surface area (Å²) in [7, 11) is 0. The van der Waals surface area contributed by atoms with Crippen LogP contribution in [0.15, 0.2) is 34.8 Å². The molecule has 1 aromatic carbocycles. The zero-order valence-electron chi connectivity index (χ0n) is 10.4. The van der Waals surface area contributed by atoms with Crippen molar-refractivity contribution in [1.29, 1.82) is 0 Å². The van der Waals surface area contributed by atoms with Crippen molar-refractivity contribution in [1.82, 2.24) is 5.32 Å². The van der Waals surface area contributed by atoms with Crippen LogP contribution in [0, 0.1) is 0 Å². The summed E-state index contributed by atoms with van der Waals surface area (Å²) in [5, 5.41) is 4.30. The van der Waals surface area contributed by atoms with Crippen LogP contribution in [-0.4, -0.2) is 6.54 Å². The van der Waals surface area contributed by atoms with Crippen LogP contribution in [0.2, 0.25) is 9.36 Å². The molecule has 0 fully saturated rings. The second-order valence-electron chi connectivity index (χ2n) is 4.21. The third kappa shape index (κ3) is 3.96. The van der Waals surface area contributed by atoms with Crippen LogP contribution in [0.4, 0.5) is 0 Å². The monoisotopic (exact) mass is 377 g/mol. The molecule has 0 saturated heterocycles. The van der Waals surface area contributed by atoms with Gasteiger partial charge < -0.3 is 5.32 Å². The van der Waals surface area contributed by atoms with Crippen molar-refractivity contribution >= 4 is 50.5 Å². The van der Waals surface area contributed by atoms with Gasteiger partial charge in [0.05, 0.1) is 6.04 Å². The third-order valence-corrected chi connectivity index (χ3v) is 5.54. The number of benzene rings is 1. The molecule has 19 heavy (non-hydrogen) atoms. The number of hydrogen-bond donors (Lipinski definition) is 1. The SMILES string of the molecule is CCCNC(c1ccc(Cl)cc1)c1cc(Br)c(Cl)s1. The van der Waals surface area contributed by atoms with Crippen molar-refractivity contribution in [2.45, 2.75) is 19.4 Å². The second kappa shape index (κ2) is 7.09. The molecule has 0 aliphatic carbocycles. The van der Waals surface area contributed by atoms with Gasteiger partial charge >= 0.3 is 0 Å². The van der Waals surface area contributed by atoms with Crippen LogP contribution in [0.1, 0.15) is 29.8 Å². The standard InChI is InChI=1S/C14H14BrCl2NS/c1-2-7-18-13(9-3-5-10(16)6-4-9)12-8-11(15)14(17)19-12/h3-6,8,13,18H,2,7H2,1H3. The van der Waals surface area contributed by atoms with Crippen LogP contribution < -0.4 is 5.32 Å². The molecular weight excluding hydrogens is 365 g/mol. The van der Waals surface area contributed by atoms with Gasteiger partial charge in [-0.25, -0.2) is 0 Å². The van der Waals surface area contributed by atoms with E-state index in [4.69, 9.17) is 23.2 Å². The van der Waals surface area contributed by atoms with Crippen molar-refractivity contribution in [3.05, 3.63) is 54.6 Å². The van der Waals surface area contributed by atoms with Gasteiger partial charge in [0.15, 0.2) is 0 Å². The van der Waals surface area contributed by atoms with E-state index in [0.717, 1.165) is 26.8 Å². The van der Waals surface area contributed by atoms with E-state index in [1.54, 1.807) is 11.3 Å². The Hall–Kier alpha value is -0.0600. The Morgan fingerprint density at radius 1 is 1.26 bits per heavy atom. The molecule has 0 saturated carbocycles. The molecule has 0 radical (unpaired) electrons. The lowest BCUT2D eigenvalue weighted by Gasteiger charge is -2.17. The van der Waals surface area contributed by atoms with Crippen molar-refractivity contribution in [2.75, 3.05) is 6.54 Å². The van der Waals surface area contributed by atoms with E-state index in [1.807, 2.05) is 12.1 Å². The largest absolute Gasteiger partial charge is 0.306 e. The highest BCUT2D eigenvalue weighted by Crippen LogP contribution is 2.37. The average Bonchev–Trinajstić information content (AvgIpc) is 2.72. The van der Waals surface area contributed by atoms with Gasteiger partial charge in [0.25, 0.3) is 0 Å². The van der Waals surface area contributed by atoms with E-state index in [0.29, 0.717) is 0 Å². The average molecular weight is 379 g/mol. The van der Waals surface area contributed by atoms with Crippen LogP contribution >= 0.6 is 50.5 Å². The Bertz CT molecular complexity index is 519. The van der Waals surface area contributed by atoms with Crippen LogP contribution in [-0.2, 0) is 0 Å². The van der Waals surface area contributed by atoms with E-state index >= 15 is 0 Å². The molecule has 1 atom stereocenters. The Kier molecular flexibility index (Phi) is 5.72. The lowest BCUT2D eigenvalue weighted by atomic mass is 10.1. The topological polar surface area (TPSA) is 12.0 Å². The number of halogens is 3. The summed E-state index contributed by atoms with van der Waals surface area (Å²) in [5.74, 6) is 0. The highest BCUT2D eigenvalue weighted by molar-refractivity contribution is 9.10. The summed E-state index contributed by atoms with van der Waals surface area (Å²) in [4.78, 5) is 1.20. The molecule has 1 unspecified atom stereocenters. The molecule has 1 aromatic heterocycles. The number of hydrogen-bond acceptors (Lipinski definition) is 2. The molecule has 5 heteroatoms. The molecule has 1 nitrogen and oxygen atoms in total. The smallest absolute Gasteiger partial charge is 0.107 e. The van der Waals surface area contributed by atoms with Gasteiger partial charge in [0, 0.05) is 14.4 Å². The maximum Gasteiger partial charge on any atom is 0.107 e. The van der Waals surface area contributed by atoms with E-state index in [-0.39, 0.29) is 6.04 Å². The zero-order valence-corrected chi connectivity index (χ0v) is 14.3. The fourth-order valence-corrected chi connectivity index (χ4v) is 3.80. The first-order valence-electron chi connectivity index (χ1n) is 6.05. The first kappa shape index (κ1) is 15.3. The van der Waals surface area contributed by atoms with E-state index < -0.39 is 0 Å². The van der Waals surface area contributed by atoms with Crippen molar-refractivity contribution in [3.8, 4) is 0 Å². The Labute approximate surface area is 136 Å². The summed E-state index contributed by atoms with van der Waals surface area (Å²) in [5.41, 5.74) is 1.20. The molecule has 0 aliphatic heterocycles. The van der Waals surface area contributed by atoms with Crippen molar-refractivity contribution in [3.63, 3.8) is 0 Å². The summed E-state index contributed by atoms with van der Waals surface area (Å²) < 4.78 is 1.73. The summed E-state index contributed by atoms with van der Waals surface area (Å²) in [6.07, 6.45) is 1.09. The van der Waals surface area contributed by atoms with Gasteiger partial charge in [-0.05, 0) is 52.7 Å². The molecule has 0 amide bonds. The lowest BCUT2D eigenvalue weighted by molar-refractivity contribution is 0.606. The van der Waals surface area contributed by atoms with Gasteiger partial charge in [-0.1, -0.05) is 42.3 Å². The zero-order chi connectivity index (χ0) is 13.8. The van der Waals surface area contributed by atoms with Crippen LogP contribution in [0.5, 0.6) is 0 Å². The molecule has 0 spiro atoms. The number of rotatable bonds is 5. The van der Waals surface area contributed by atoms with E-state index in [2.05, 4.69) is 46.4 Å². The second-order valence-corrected chi connectivity index (χ2v) is 7.19. The molecule has 0 aliphatic rings. The first-order chi connectivity index (χ1) is 9.11. The van der Waals surface area contributed by atoms with Crippen molar-refractivity contribution < 1.29 is 0 Å². The van der Waals surface area contributed by atoms with Crippen LogP contribution in [0.25, 0.3) is 0 Å². The van der Waals surface area contributed by atoms with Crippen LogP contribution in [0.3, 0.4) is 0 Å². The summed E-state index contributed by atoms with van der Waals surface area (Å²) in [6, 6.07) is 10.2. The fraction of sp³-hybridized carbons (Fsp3) is 0.286. The lowest BCUT2D eigenvalue weighted by Crippen LogP contribution is -2.22. The van der Waals surface area contributed by atoms with Gasteiger partial charge in [-0.15, -0.1) is 11.3 Å². The van der Waals surface area contributed by atoms with E-state index in [1.165, 1.54) is 10.4 Å². The van der Waals surface area contributed by atoms with E-state index in [9.17, 15) is 0 Å². The quantitative estimate of drug-likeness (QED) is 0.682. The molecule has 1 N–H and O–H groups in total. The minimum atomic E-state index is 0.158. The minimum Gasteiger partial charge on any atom is -0.306 e. The Morgan fingerprint density at radius 2 is 1.95 bits per heavy atom. The number of thiophene rings is 1. The molecule has 2 rings (SSSR count). The van der Waals surface area contributed by atoms with Gasteiger partial charge in [-0.3, -0.25) is 0 Å². The Morgan fingerprint density at radius 3 is 2.47 bits per heavy atom. The van der Waals surface area contributed by atoms with Gasteiger partial charge in [-0.2, -0.15) is 0 Å². The highest BCUT2D eigenvalue weighted by atomic mass is 79.9. The molecule has 102 valence electrons. The fourth-order valence-electron chi connectivity index (χ4n) is 1.83. The molecule has 2 aromatic rings. The summed E-state index contributed by atoms with van der Waals surface area (Å²) >= 11 is 17.2. The third-order valence-electron chi connectivity index (χ3n) is 2.75. The van der Waals surface area contributed by atoms with Crippen molar-refractivity contribution in [2.24, 2.45) is 0 Å². The molecule has 0 bridgehead atoms.